The Hall–Kier alpha value is -4.18. The first kappa shape index (κ1) is 27.8. The second kappa shape index (κ2) is 10.5. The first-order chi connectivity index (χ1) is 18.4. The summed E-state index contributed by atoms with van der Waals surface area (Å²) in [7, 11) is 0. The van der Waals surface area contributed by atoms with Crippen LogP contribution in [0.4, 0.5) is 23.5 Å². The average molecular weight is 541 g/mol. The van der Waals surface area contributed by atoms with Crippen LogP contribution in [0.2, 0.25) is 0 Å². The van der Waals surface area contributed by atoms with Crippen molar-refractivity contribution in [1.82, 2.24) is 14.6 Å². The minimum atomic E-state index is -1.59. The maximum atomic E-state index is 15.6. The fourth-order valence-electron chi connectivity index (χ4n) is 4.91. The number of allylic oxidation sites excluding steroid dienone is 1. The predicted octanol–water partition coefficient (Wildman–Crippen LogP) is 6.35. The summed E-state index contributed by atoms with van der Waals surface area (Å²) >= 11 is 0. The third kappa shape index (κ3) is 4.99. The van der Waals surface area contributed by atoms with E-state index in [1.807, 2.05) is 0 Å². The molecule has 0 saturated heterocycles. The van der Waals surface area contributed by atoms with Crippen LogP contribution in [0, 0.1) is 28.7 Å². The Balaban J connectivity index is 1.68. The van der Waals surface area contributed by atoms with Crippen molar-refractivity contribution in [1.29, 1.82) is 0 Å². The van der Waals surface area contributed by atoms with Gasteiger partial charge in [0, 0.05) is 17.7 Å². The highest BCUT2D eigenvalue weighted by molar-refractivity contribution is 5.70. The number of benzene rings is 2. The van der Waals surface area contributed by atoms with Crippen LogP contribution in [0.3, 0.4) is 0 Å². The van der Waals surface area contributed by atoms with Gasteiger partial charge in [0.05, 0.1) is 17.8 Å². The van der Waals surface area contributed by atoms with E-state index in [9.17, 15) is 18.3 Å². The van der Waals surface area contributed by atoms with Crippen LogP contribution in [0.25, 0.3) is 16.8 Å². The minimum Gasteiger partial charge on any atom is -0.488 e. The Bertz CT molecular complexity index is 1560. The third-order valence-corrected chi connectivity index (χ3v) is 7.00. The lowest BCUT2D eigenvalue weighted by Crippen LogP contribution is -2.44. The number of rotatable bonds is 9. The van der Waals surface area contributed by atoms with Crippen LogP contribution < -0.4 is 10.5 Å². The first-order valence-electron chi connectivity index (χ1n) is 12.1. The van der Waals surface area contributed by atoms with E-state index in [1.165, 1.54) is 47.1 Å². The lowest BCUT2D eigenvalue weighted by molar-refractivity contribution is -0.0397. The number of hydrogen-bond donors (Lipinski definition) is 2. The zero-order chi connectivity index (χ0) is 28.5. The molecule has 4 aromatic rings. The van der Waals surface area contributed by atoms with E-state index < -0.39 is 45.6 Å². The molecule has 0 amide bonds. The highest BCUT2D eigenvalue weighted by atomic mass is 19.1. The summed E-state index contributed by atoms with van der Waals surface area (Å²) in [6, 6.07) is 8.69. The monoisotopic (exact) mass is 540 g/mol. The summed E-state index contributed by atoms with van der Waals surface area (Å²) in [5, 5.41) is 15.6. The molecule has 2 aromatic carbocycles. The molecule has 2 unspecified atom stereocenters. The van der Waals surface area contributed by atoms with E-state index in [-0.39, 0.29) is 30.2 Å². The molecule has 39 heavy (non-hydrogen) atoms. The van der Waals surface area contributed by atoms with Gasteiger partial charge in [-0.25, -0.2) is 22.1 Å². The van der Waals surface area contributed by atoms with Crippen molar-refractivity contribution < 1.29 is 27.4 Å². The zero-order valence-electron chi connectivity index (χ0n) is 21.7. The number of pyridine rings is 1. The largest absolute Gasteiger partial charge is 0.488 e. The second-order valence-corrected chi connectivity index (χ2v) is 9.48. The van der Waals surface area contributed by atoms with Crippen LogP contribution >= 0.6 is 0 Å². The number of aromatic nitrogens is 3. The molecule has 0 spiro atoms. The van der Waals surface area contributed by atoms with Crippen molar-refractivity contribution >= 4 is 11.6 Å². The molecule has 6 nitrogen and oxygen atoms in total. The maximum absolute atomic E-state index is 15.6. The summed E-state index contributed by atoms with van der Waals surface area (Å²) in [6.45, 7) is 8.80. The molecule has 2 atom stereocenters. The maximum Gasteiger partial charge on any atom is 0.240 e. The summed E-state index contributed by atoms with van der Waals surface area (Å²) in [5.74, 6) is -4.84. The van der Waals surface area contributed by atoms with Crippen molar-refractivity contribution in [3.63, 3.8) is 0 Å². The Labute approximate surface area is 223 Å². The number of hydrogen-bond acceptors (Lipinski definition) is 5. The number of halogens is 4. The van der Waals surface area contributed by atoms with Crippen molar-refractivity contribution in [3.8, 4) is 16.9 Å². The normalized spacial score (nSPS) is 14.9. The quantitative estimate of drug-likeness (QED) is 0.191. The van der Waals surface area contributed by atoms with Gasteiger partial charge in [-0.1, -0.05) is 36.4 Å². The predicted molar refractivity (Wildman–Crippen MR) is 141 cm³/mol. The number of nitrogens with zero attached hydrogens (tertiary/aromatic N) is 3. The van der Waals surface area contributed by atoms with Crippen molar-refractivity contribution in [2.24, 2.45) is 5.41 Å². The van der Waals surface area contributed by atoms with Gasteiger partial charge < -0.3 is 15.6 Å². The van der Waals surface area contributed by atoms with Crippen LogP contribution in [-0.2, 0) is 5.60 Å². The number of anilines is 1. The van der Waals surface area contributed by atoms with Crippen molar-refractivity contribution in [2.75, 3.05) is 12.3 Å². The van der Waals surface area contributed by atoms with Gasteiger partial charge in [0.1, 0.15) is 11.6 Å². The van der Waals surface area contributed by atoms with Gasteiger partial charge in [0.25, 0.3) is 0 Å². The Morgan fingerprint density at radius 1 is 1.13 bits per heavy atom. The Morgan fingerprint density at radius 2 is 1.82 bits per heavy atom. The number of aliphatic hydroxyl groups is 1. The summed E-state index contributed by atoms with van der Waals surface area (Å²) in [4.78, 5) is 3.98. The highest BCUT2D eigenvalue weighted by Gasteiger charge is 2.47. The van der Waals surface area contributed by atoms with Crippen LogP contribution in [0.5, 0.6) is 5.75 Å². The smallest absolute Gasteiger partial charge is 0.240 e. The molecule has 0 saturated carbocycles. The fourth-order valence-corrected chi connectivity index (χ4v) is 4.91. The number of ether oxygens (including phenoxy) is 1. The van der Waals surface area contributed by atoms with E-state index in [4.69, 9.17) is 10.5 Å². The molecule has 2 aromatic heterocycles. The van der Waals surface area contributed by atoms with Gasteiger partial charge in [0.15, 0.2) is 23.0 Å². The van der Waals surface area contributed by atoms with Crippen LogP contribution in [0.1, 0.15) is 32.8 Å². The fraction of sp³-hybridized carbons (Fsp3) is 0.241. The molecule has 0 fully saturated rings. The van der Waals surface area contributed by atoms with E-state index in [2.05, 4.69) is 16.7 Å². The molecule has 10 heteroatoms. The third-order valence-electron chi connectivity index (χ3n) is 7.00. The van der Waals surface area contributed by atoms with E-state index in [0.29, 0.717) is 17.2 Å². The van der Waals surface area contributed by atoms with Gasteiger partial charge in [-0.3, -0.25) is 0 Å². The average Bonchev–Trinajstić information content (AvgIpc) is 3.24. The van der Waals surface area contributed by atoms with Gasteiger partial charge in [-0.05, 0) is 62.6 Å². The van der Waals surface area contributed by atoms with Gasteiger partial charge in [-0.15, -0.1) is 5.10 Å². The van der Waals surface area contributed by atoms with Crippen molar-refractivity contribution in [3.05, 3.63) is 102 Å². The van der Waals surface area contributed by atoms with E-state index in [1.54, 1.807) is 32.9 Å². The number of nitrogens with two attached hydrogens (primary N) is 1. The van der Waals surface area contributed by atoms with Gasteiger partial charge in [-0.2, -0.15) is 4.98 Å². The molecule has 0 aliphatic carbocycles. The molecular weight excluding hydrogens is 512 g/mol. The number of fused-ring (bicyclic) bond motifs is 1. The lowest BCUT2D eigenvalue weighted by atomic mass is 9.63. The van der Waals surface area contributed by atoms with E-state index in [0.717, 1.165) is 0 Å². The van der Waals surface area contributed by atoms with Gasteiger partial charge in [0.2, 0.25) is 5.95 Å². The molecule has 0 bridgehead atoms. The molecule has 3 N–H and O–H groups in total. The van der Waals surface area contributed by atoms with Crippen LogP contribution in [0.15, 0.2) is 73.0 Å². The topological polar surface area (TPSA) is 85.7 Å². The Morgan fingerprint density at radius 3 is 2.46 bits per heavy atom. The summed E-state index contributed by atoms with van der Waals surface area (Å²) in [5.41, 5.74) is 3.61. The summed E-state index contributed by atoms with van der Waals surface area (Å²) < 4.78 is 65.6. The molecular formula is C29H28F4N4O2. The first-order valence-corrected chi connectivity index (χ1v) is 12.1. The molecule has 0 aliphatic heterocycles. The number of nitrogen functional groups attached to an aromatic ring is 1. The SMILES string of the molecule is C=C(C)C(/C=C/C)(CCOc1c(F)cc(F)c(-c2ccn3nc(N)nc3c2)c1F)C(C)(O)c1ccc(F)cc1. The van der Waals surface area contributed by atoms with Crippen molar-refractivity contribution in [2.45, 2.75) is 32.8 Å². The van der Waals surface area contributed by atoms with Gasteiger partial charge >= 0.3 is 0 Å². The molecule has 204 valence electrons. The minimum absolute atomic E-state index is 0.0186. The molecule has 2 heterocycles. The molecule has 0 radical (unpaired) electrons. The van der Waals surface area contributed by atoms with Crippen LogP contribution in [-0.4, -0.2) is 26.3 Å². The molecule has 0 aliphatic rings. The zero-order valence-corrected chi connectivity index (χ0v) is 21.7. The lowest BCUT2D eigenvalue weighted by Gasteiger charge is -2.45. The summed E-state index contributed by atoms with van der Waals surface area (Å²) in [6.07, 6.45) is 4.90. The molecule has 4 rings (SSSR count). The van der Waals surface area contributed by atoms with E-state index >= 15 is 4.39 Å². The Kier molecular flexibility index (Phi) is 7.52. The highest BCUT2D eigenvalue weighted by Crippen LogP contribution is 2.49. The second-order valence-electron chi connectivity index (χ2n) is 9.48. The standard InChI is InChI=1S/C29H28F4N4O2/c1-5-11-29(17(2)3,28(4,38)19-6-8-20(30)9-7-19)12-14-39-26-22(32)16-21(31)24(25(26)33)18-10-13-37-23(15-18)35-27(34)36-37/h5-11,13,15-16,38H,2,12,14H2,1,3-4H3,(H2,34,36)/b11-5+.